The number of nitrogens with zero attached hydrogens (tertiary/aromatic N) is 1. The molecule has 1 amide bonds. The summed E-state index contributed by atoms with van der Waals surface area (Å²) in [5.41, 5.74) is 0.206. The standard InChI is InChI=1S/C11H22N2O/c1-11(2,3)9(12-4)8-13-7-5-6-10(13)14/h9,12H,5-8H2,1-4H3. The lowest BCUT2D eigenvalue weighted by Crippen LogP contribution is -2.47. The molecule has 0 spiro atoms. The van der Waals surface area contributed by atoms with Crippen LogP contribution in [0.3, 0.4) is 0 Å². The van der Waals surface area contributed by atoms with Crippen molar-refractivity contribution < 1.29 is 4.79 Å². The van der Waals surface area contributed by atoms with Gasteiger partial charge in [-0.3, -0.25) is 4.79 Å². The van der Waals surface area contributed by atoms with Crippen molar-refractivity contribution in [1.82, 2.24) is 10.2 Å². The van der Waals surface area contributed by atoms with Crippen LogP contribution in [0.2, 0.25) is 0 Å². The van der Waals surface area contributed by atoms with Gasteiger partial charge in [-0.15, -0.1) is 0 Å². The van der Waals surface area contributed by atoms with E-state index in [9.17, 15) is 4.79 Å². The lowest BCUT2D eigenvalue weighted by molar-refractivity contribution is -0.128. The van der Waals surface area contributed by atoms with Gasteiger partial charge in [0.15, 0.2) is 0 Å². The number of hydrogen-bond acceptors (Lipinski definition) is 2. The molecule has 1 aliphatic heterocycles. The molecule has 1 unspecified atom stereocenters. The maximum atomic E-state index is 11.5. The molecule has 3 heteroatoms. The number of likely N-dealkylation sites (tertiary alicyclic amines) is 1. The number of carbonyl (C=O) groups is 1. The average molecular weight is 198 g/mol. The van der Waals surface area contributed by atoms with Crippen LogP contribution in [-0.4, -0.2) is 37.0 Å². The Balaban J connectivity index is 2.52. The van der Waals surface area contributed by atoms with Gasteiger partial charge in [0, 0.05) is 25.6 Å². The zero-order chi connectivity index (χ0) is 10.8. The molecule has 0 aliphatic carbocycles. The molecule has 1 aliphatic rings. The van der Waals surface area contributed by atoms with Gasteiger partial charge in [-0.25, -0.2) is 0 Å². The molecule has 1 rings (SSSR count). The largest absolute Gasteiger partial charge is 0.341 e. The first-order valence-electron chi connectivity index (χ1n) is 5.40. The SMILES string of the molecule is CNC(CN1CCCC1=O)C(C)(C)C. The van der Waals surface area contributed by atoms with E-state index in [1.54, 1.807) is 0 Å². The van der Waals surface area contributed by atoms with Crippen LogP contribution in [0.4, 0.5) is 0 Å². The van der Waals surface area contributed by atoms with Gasteiger partial charge in [0.25, 0.3) is 0 Å². The minimum Gasteiger partial charge on any atom is -0.341 e. The van der Waals surface area contributed by atoms with Crippen LogP contribution in [0.1, 0.15) is 33.6 Å². The average Bonchev–Trinajstić information content (AvgIpc) is 2.45. The number of rotatable bonds is 3. The summed E-state index contributed by atoms with van der Waals surface area (Å²) in [6.07, 6.45) is 1.76. The Morgan fingerprint density at radius 2 is 2.14 bits per heavy atom. The molecular formula is C11H22N2O. The Morgan fingerprint density at radius 3 is 2.50 bits per heavy atom. The van der Waals surface area contributed by atoms with E-state index < -0.39 is 0 Å². The molecule has 1 saturated heterocycles. The van der Waals surface area contributed by atoms with E-state index in [0.717, 1.165) is 25.9 Å². The monoisotopic (exact) mass is 198 g/mol. The van der Waals surface area contributed by atoms with Crippen molar-refractivity contribution in [2.75, 3.05) is 20.1 Å². The minimum absolute atomic E-state index is 0.206. The maximum absolute atomic E-state index is 11.5. The molecule has 0 aromatic rings. The van der Waals surface area contributed by atoms with Gasteiger partial charge in [-0.2, -0.15) is 0 Å². The fraction of sp³-hybridized carbons (Fsp3) is 0.909. The van der Waals surface area contributed by atoms with E-state index in [1.807, 2.05) is 11.9 Å². The smallest absolute Gasteiger partial charge is 0.222 e. The molecular weight excluding hydrogens is 176 g/mol. The van der Waals surface area contributed by atoms with Crippen molar-refractivity contribution in [2.45, 2.75) is 39.7 Å². The van der Waals surface area contributed by atoms with Gasteiger partial charge in [-0.05, 0) is 18.9 Å². The fourth-order valence-electron chi connectivity index (χ4n) is 1.92. The summed E-state index contributed by atoms with van der Waals surface area (Å²) >= 11 is 0. The van der Waals surface area contributed by atoms with Crippen LogP contribution < -0.4 is 5.32 Å². The first-order valence-corrected chi connectivity index (χ1v) is 5.40. The summed E-state index contributed by atoms with van der Waals surface area (Å²) in [5.74, 6) is 0.314. The van der Waals surface area contributed by atoms with Gasteiger partial charge in [0.05, 0.1) is 0 Å². The highest BCUT2D eigenvalue weighted by Crippen LogP contribution is 2.21. The molecule has 1 N–H and O–H groups in total. The predicted octanol–water partition coefficient (Wildman–Crippen LogP) is 1.24. The quantitative estimate of drug-likeness (QED) is 0.740. The number of carbonyl (C=O) groups excluding carboxylic acids is 1. The number of amides is 1. The lowest BCUT2D eigenvalue weighted by Gasteiger charge is -2.33. The van der Waals surface area contributed by atoms with Crippen LogP contribution in [0.5, 0.6) is 0 Å². The molecule has 0 radical (unpaired) electrons. The summed E-state index contributed by atoms with van der Waals surface area (Å²) in [4.78, 5) is 13.4. The van der Waals surface area contributed by atoms with Crippen LogP contribution in [0.25, 0.3) is 0 Å². The second-order valence-electron chi connectivity index (χ2n) is 5.15. The lowest BCUT2D eigenvalue weighted by atomic mass is 9.86. The fourth-order valence-corrected chi connectivity index (χ4v) is 1.92. The summed E-state index contributed by atoms with van der Waals surface area (Å²) < 4.78 is 0. The topological polar surface area (TPSA) is 32.3 Å². The van der Waals surface area contributed by atoms with Crippen molar-refractivity contribution in [3.8, 4) is 0 Å². The van der Waals surface area contributed by atoms with E-state index in [2.05, 4.69) is 26.1 Å². The minimum atomic E-state index is 0.206. The molecule has 0 saturated carbocycles. The van der Waals surface area contributed by atoms with Crippen LogP contribution in [0.15, 0.2) is 0 Å². The van der Waals surface area contributed by atoms with Crippen molar-refractivity contribution in [1.29, 1.82) is 0 Å². The summed E-state index contributed by atoms with van der Waals surface area (Å²) in [5, 5.41) is 3.30. The third-order valence-electron chi connectivity index (χ3n) is 2.97. The maximum Gasteiger partial charge on any atom is 0.222 e. The van der Waals surface area contributed by atoms with E-state index in [4.69, 9.17) is 0 Å². The van der Waals surface area contributed by atoms with E-state index in [0.29, 0.717) is 11.9 Å². The van der Waals surface area contributed by atoms with Crippen molar-refractivity contribution in [3.63, 3.8) is 0 Å². The molecule has 1 atom stereocenters. The highest BCUT2D eigenvalue weighted by molar-refractivity contribution is 5.78. The summed E-state index contributed by atoms with van der Waals surface area (Å²) in [6.45, 7) is 8.39. The van der Waals surface area contributed by atoms with Crippen molar-refractivity contribution >= 4 is 5.91 Å². The molecule has 82 valence electrons. The molecule has 3 nitrogen and oxygen atoms in total. The number of nitrogens with one attached hydrogen (secondary N) is 1. The number of likely N-dealkylation sites (N-methyl/N-ethyl adjacent to an activating group) is 1. The summed E-state index contributed by atoms with van der Waals surface area (Å²) in [6, 6.07) is 0.379. The van der Waals surface area contributed by atoms with Crippen LogP contribution in [0, 0.1) is 5.41 Å². The Kier molecular flexibility index (Phi) is 3.53. The van der Waals surface area contributed by atoms with Crippen molar-refractivity contribution in [3.05, 3.63) is 0 Å². The van der Waals surface area contributed by atoms with Gasteiger partial charge < -0.3 is 10.2 Å². The van der Waals surface area contributed by atoms with Gasteiger partial charge in [-0.1, -0.05) is 20.8 Å². The first kappa shape index (κ1) is 11.5. The van der Waals surface area contributed by atoms with E-state index >= 15 is 0 Å². The molecule has 0 bridgehead atoms. The highest BCUT2D eigenvalue weighted by Gasteiger charge is 2.28. The zero-order valence-corrected chi connectivity index (χ0v) is 9.76. The van der Waals surface area contributed by atoms with Gasteiger partial charge in [0.2, 0.25) is 5.91 Å². The van der Waals surface area contributed by atoms with E-state index in [-0.39, 0.29) is 5.41 Å². The molecule has 1 fully saturated rings. The Labute approximate surface area is 86.9 Å². The third-order valence-corrected chi connectivity index (χ3v) is 2.97. The van der Waals surface area contributed by atoms with E-state index in [1.165, 1.54) is 0 Å². The van der Waals surface area contributed by atoms with Gasteiger partial charge in [0.1, 0.15) is 0 Å². The highest BCUT2D eigenvalue weighted by atomic mass is 16.2. The van der Waals surface area contributed by atoms with Crippen LogP contribution >= 0.6 is 0 Å². The first-order chi connectivity index (χ1) is 6.45. The second-order valence-corrected chi connectivity index (χ2v) is 5.15. The normalized spacial score (nSPS) is 20.3. The Morgan fingerprint density at radius 1 is 1.50 bits per heavy atom. The molecule has 0 aromatic heterocycles. The molecule has 0 aromatic carbocycles. The second kappa shape index (κ2) is 4.30. The molecule has 1 heterocycles. The van der Waals surface area contributed by atoms with Crippen LogP contribution in [-0.2, 0) is 4.79 Å². The summed E-state index contributed by atoms with van der Waals surface area (Å²) in [7, 11) is 1.97. The number of hydrogen-bond donors (Lipinski definition) is 1. The Hall–Kier alpha value is -0.570. The predicted molar refractivity (Wildman–Crippen MR) is 58.1 cm³/mol. The zero-order valence-electron chi connectivity index (χ0n) is 9.76. The third kappa shape index (κ3) is 2.71. The molecule has 14 heavy (non-hydrogen) atoms. The van der Waals surface area contributed by atoms with Gasteiger partial charge >= 0.3 is 0 Å². The Bertz CT molecular complexity index is 208. The van der Waals surface area contributed by atoms with Crippen molar-refractivity contribution in [2.24, 2.45) is 5.41 Å².